The second kappa shape index (κ2) is 10.2. The summed E-state index contributed by atoms with van der Waals surface area (Å²) in [5, 5.41) is 0.459. The molecule has 4 rings (SSSR count). The minimum Gasteiger partial charge on any atom is -0.495 e. The first-order valence-electron chi connectivity index (χ1n) is 11.1. The van der Waals surface area contributed by atoms with Gasteiger partial charge in [0.1, 0.15) is 21.7 Å². The van der Waals surface area contributed by atoms with Gasteiger partial charge in [0.2, 0.25) is 15.2 Å². The van der Waals surface area contributed by atoms with Crippen molar-refractivity contribution < 1.29 is 22.7 Å². The van der Waals surface area contributed by atoms with Crippen LogP contribution in [0.4, 0.5) is 5.13 Å². The minimum atomic E-state index is -3.60. The molecule has 2 aromatic carbocycles. The van der Waals surface area contributed by atoms with Crippen molar-refractivity contribution in [3.63, 3.8) is 0 Å². The van der Waals surface area contributed by atoms with Crippen molar-refractivity contribution >= 4 is 42.6 Å². The number of carbonyl (C=O) groups excluding carboxylic acids is 1. The van der Waals surface area contributed by atoms with Crippen LogP contribution in [0.2, 0.25) is 0 Å². The number of aromatic nitrogens is 1. The second-order valence-electron chi connectivity index (χ2n) is 7.94. The largest absolute Gasteiger partial charge is 0.495 e. The van der Waals surface area contributed by atoms with Crippen molar-refractivity contribution in [1.82, 2.24) is 14.7 Å². The van der Waals surface area contributed by atoms with E-state index in [-0.39, 0.29) is 10.9 Å². The highest BCUT2D eigenvalue weighted by molar-refractivity contribution is 7.89. The molecule has 1 saturated heterocycles. The van der Waals surface area contributed by atoms with E-state index in [0.29, 0.717) is 34.3 Å². The van der Waals surface area contributed by atoms with E-state index >= 15 is 0 Å². The lowest BCUT2D eigenvalue weighted by molar-refractivity contribution is 0.0962. The maximum Gasteiger partial charge on any atom is 0.269 e. The predicted molar refractivity (Wildman–Crippen MR) is 132 cm³/mol. The van der Waals surface area contributed by atoms with Crippen molar-refractivity contribution in [2.75, 3.05) is 26.2 Å². The molecule has 1 fully saturated rings. The number of thiazole rings is 1. The van der Waals surface area contributed by atoms with Crippen LogP contribution in [-0.2, 0) is 10.0 Å². The zero-order chi connectivity index (χ0) is 24.3. The lowest BCUT2D eigenvalue weighted by Crippen LogP contribution is -2.43. The van der Waals surface area contributed by atoms with Crippen molar-refractivity contribution in [1.29, 1.82) is 0 Å². The van der Waals surface area contributed by atoms with Crippen LogP contribution < -0.4 is 20.3 Å². The summed E-state index contributed by atoms with van der Waals surface area (Å²) in [6.07, 6.45) is 3.58. The first-order valence-corrected chi connectivity index (χ1v) is 13.3. The van der Waals surface area contributed by atoms with E-state index in [4.69, 9.17) is 9.47 Å². The summed E-state index contributed by atoms with van der Waals surface area (Å²) in [4.78, 5) is 17.3. The molecule has 1 aromatic heterocycles. The molecule has 1 aliphatic heterocycles. The third kappa shape index (κ3) is 4.68. The van der Waals surface area contributed by atoms with E-state index in [1.165, 1.54) is 35.6 Å². The number of ether oxygens (including phenoxy) is 2. The quantitative estimate of drug-likeness (QED) is 0.446. The Morgan fingerprint density at radius 1 is 1.12 bits per heavy atom. The maximum atomic E-state index is 13.1. The number of sulfonamides is 1. The number of carbonyl (C=O) groups is 1. The number of rotatable bonds is 8. The van der Waals surface area contributed by atoms with Gasteiger partial charge in [0.05, 0.1) is 19.1 Å². The fourth-order valence-electron chi connectivity index (χ4n) is 4.13. The molecule has 0 bridgehead atoms. The predicted octanol–water partition coefficient (Wildman–Crippen LogP) is 4.02. The summed E-state index contributed by atoms with van der Waals surface area (Å²) in [6, 6.07) is 9.59. The second-order valence-corrected chi connectivity index (χ2v) is 10.8. The standard InChI is InChI=1S/C23H28N4O5S2/c1-4-16-7-5-6-14-27(16)34(29,30)17-10-8-15(9-11-17)22(28)25-26-23-24-20-18(31-2)12-13-19(32-3)21(20)33-23/h8-13,16H,4-7,14H2,1-3H3,(H,24,26)(H,25,28). The number of amides is 1. The summed E-state index contributed by atoms with van der Waals surface area (Å²) in [6.45, 7) is 2.54. The van der Waals surface area contributed by atoms with Gasteiger partial charge in [0, 0.05) is 18.2 Å². The fourth-order valence-corrected chi connectivity index (χ4v) is 6.83. The molecule has 2 heterocycles. The van der Waals surface area contributed by atoms with Crippen LogP contribution in [0.1, 0.15) is 43.0 Å². The van der Waals surface area contributed by atoms with E-state index in [0.717, 1.165) is 30.4 Å². The Morgan fingerprint density at radius 2 is 1.82 bits per heavy atom. The molecule has 0 aliphatic carbocycles. The van der Waals surface area contributed by atoms with Crippen LogP contribution in [0.5, 0.6) is 11.5 Å². The highest BCUT2D eigenvalue weighted by Crippen LogP contribution is 2.38. The average molecular weight is 505 g/mol. The van der Waals surface area contributed by atoms with Crippen molar-refractivity contribution in [3.05, 3.63) is 42.0 Å². The van der Waals surface area contributed by atoms with Crippen LogP contribution in [-0.4, -0.2) is 50.4 Å². The molecule has 3 aromatic rings. The minimum absolute atomic E-state index is 0.0250. The zero-order valence-corrected chi connectivity index (χ0v) is 21.0. The molecule has 11 heteroatoms. The average Bonchev–Trinajstić information content (AvgIpc) is 3.31. The number of anilines is 1. The molecule has 1 unspecified atom stereocenters. The summed E-state index contributed by atoms with van der Waals surface area (Å²) in [5.74, 6) is 0.845. The van der Waals surface area contributed by atoms with E-state index in [2.05, 4.69) is 15.8 Å². The number of piperidine rings is 1. The number of fused-ring (bicyclic) bond motifs is 1. The Hall–Kier alpha value is -2.89. The third-order valence-electron chi connectivity index (χ3n) is 5.96. The number of hydrazine groups is 1. The Labute approximate surface area is 203 Å². The molecular formula is C23H28N4O5S2. The molecule has 182 valence electrons. The zero-order valence-electron chi connectivity index (χ0n) is 19.3. The molecule has 1 atom stereocenters. The molecule has 9 nitrogen and oxygen atoms in total. The number of hydrogen-bond acceptors (Lipinski definition) is 8. The van der Waals surface area contributed by atoms with Gasteiger partial charge in [-0.2, -0.15) is 4.31 Å². The molecule has 0 radical (unpaired) electrons. The Balaban J connectivity index is 1.46. The lowest BCUT2D eigenvalue weighted by atomic mass is 10.0. The van der Waals surface area contributed by atoms with Gasteiger partial charge in [-0.05, 0) is 55.7 Å². The molecule has 2 N–H and O–H groups in total. The van der Waals surface area contributed by atoms with E-state index in [1.54, 1.807) is 30.7 Å². The van der Waals surface area contributed by atoms with Gasteiger partial charge >= 0.3 is 0 Å². The maximum absolute atomic E-state index is 13.1. The summed E-state index contributed by atoms with van der Waals surface area (Å²) >= 11 is 1.31. The van der Waals surface area contributed by atoms with Crippen molar-refractivity contribution in [3.8, 4) is 11.5 Å². The Bertz CT molecular complexity index is 1230. The SMILES string of the molecule is CCC1CCCCN1S(=O)(=O)c1ccc(C(=O)NNc2nc3c(OC)ccc(OC)c3s2)cc1. The van der Waals surface area contributed by atoms with E-state index < -0.39 is 15.9 Å². The summed E-state index contributed by atoms with van der Waals surface area (Å²) in [7, 11) is -0.456. The van der Waals surface area contributed by atoms with Gasteiger partial charge in [-0.25, -0.2) is 13.4 Å². The number of hydrogen-bond donors (Lipinski definition) is 2. The lowest BCUT2D eigenvalue weighted by Gasteiger charge is -2.34. The number of nitrogens with one attached hydrogen (secondary N) is 2. The normalized spacial score (nSPS) is 16.9. The number of methoxy groups -OCH3 is 2. The van der Waals surface area contributed by atoms with Gasteiger partial charge in [-0.3, -0.25) is 15.6 Å². The molecule has 1 amide bonds. The summed E-state index contributed by atoms with van der Waals surface area (Å²) < 4.78 is 39.4. The first kappa shape index (κ1) is 24.2. The van der Waals surface area contributed by atoms with Gasteiger partial charge in [0.15, 0.2) is 0 Å². The van der Waals surface area contributed by atoms with Gasteiger partial charge in [0.25, 0.3) is 5.91 Å². The summed E-state index contributed by atoms with van der Waals surface area (Å²) in [5.41, 5.74) is 6.38. The highest BCUT2D eigenvalue weighted by Gasteiger charge is 2.32. The van der Waals surface area contributed by atoms with Gasteiger partial charge in [-0.1, -0.05) is 24.7 Å². The van der Waals surface area contributed by atoms with Crippen molar-refractivity contribution in [2.24, 2.45) is 0 Å². The van der Waals surface area contributed by atoms with Gasteiger partial charge in [-0.15, -0.1) is 0 Å². The smallest absolute Gasteiger partial charge is 0.269 e. The number of benzene rings is 2. The number of nitrogens with zero attached hydrogens (tertiary/aromatic N) is 2. The van der Waals surface area contributed by atoms with Crippen LogP contribution in [0, 0.1) is 0 Å². The molecule has 1 aliphatic rings. The van der Waals surface area contributed by atoms with Crippen LogP contribution in [0.25, 0.3) is 10.2 Å². The molecule has 0 spiro atoms. The molecule has 34 heavy (non-hydrogen) atoms. The molecular weight excluding hydrogens is 476 g/mol. The Kier molecular flexibility index (Phi) is 7.24. The van der Waals surface area contributed by atoms with Crippen LogP contribution in [0.15, 0.2) is 41.3 Å². The highest BCUT2D eigenvalue weighted by atomic mass is 32.2. The van der Waals surface area contributed by atoms with E-state index in [9.17, 15) is 13.2 Å². The first-order chi connectivity index (χ1) is 16.4. The van der Waals surface area contributed by atoms with Crippen LogP contribution in [0.3, 0.4) is 0 Å². The van der Waals surface area contributed by atoms with Gasteiger partial charge < -0.3 is 9.47 Å². The van der Waals surface area contributed by atoms with Crippen molar-refractivity contribution in [2.45, 2.75) is 43.5 Å². The topological polar surface area (TPSA) is 110 Å². The molecule has 0 saturated carbocycles. The third-order valence-corrected chi connectivity index (χ3v) is 8.91. The monoisotopic (exact) mass is 504 g/mol. The van der Waals surface area contributed by atoms with E-state index in [1.807, 2.05) is 6.92 Å². The fraction of sp³-hybridized carbons (Fsp3) is 0.391. The van der Waals surface area contributed by atoms with Crippen LogP contribution >= 0.6 is 11.3 Å². The Morgan fingerprint density at radius 3 is 2.50 bits per heavy atom.